The normalized spacial score (nSPS) is 15.5. The van der Waals surface area contributed by atoms with Gasteiger partial charge in [-0.05, 0) is 68.4 Å². The Balaban J connectivity index is 1.62. The lowest BCUT2D eigenvalue weighted by Crippen LogP contribution is -2.43. The third-order valence-corrected chi connectivity index (χ3v) is 8.51. The van der Waals surface area contributed by atoms with Crippen molar-refractivity contribution in [2.75, 3.05) is 13.1 Å². The molecule has 2 aromatic carbocycles. The second-order valence-electron chi connectivity index (χ2n) is 8.41. The van der Waals surface area contributed by atoms with Gasteiger partial charge in [-0.1, -0.05) is 18.2 Å². The number of sulfonamides is 1. The molecule has 0 aromatic heterocycles. The van der Waals surface area contributed by atoms with Crippen LogP contribution >= 0.6 is 0 Å². The predicted octanol–water partition coefficient (Wildman–Crippen LogP) is 3.55. The van der Waals surface area contributed by atoms with E-state index in [-0.39, 0.29) is 24.1 Å². The molecule has 0 unspecified atom stereocenters. The molecule has 1 heterocycles. The maximum Gasteiger partial charge on any atom is 0.269 e. The van der Waals surface area contributed by atoms with Crippen LogP contribution in [-0.4, -0.2) is 36.6 Å². The number of nitrogens with one attached hydrogen (secondary N) is 1. The molecule has 1 fully saturated rings. The van der Waals surface area contributed by atoms with Crippen molar-refractivity contribution in [2.45, 2.75) is 52.0 Å². The van der Waals surface area contributed by atoms with E-state index >= 15 is 0 Å². The van der Waals surface area contributed by atoms with E-state index in [4.69, 9.17) is 0 Å². The van der Waals surface area contributed by atoms with Crippen LogP contribution in [0.15, 0.2) is 35.2 Å². The highest BCUT2D eigenvalue weighted by molar-refractivity contribution is 7.89. The Kier molecular flexibility index (Phi) is 7.00. The minimum Gasteiger partial charge on any atom is -0.352 e. The SMILES string of the molecule is Cc1cc(C)c(C)c(S(=O)(=O)N2CCC(C(=O)NCc3ccc([N+](=O)[O-])cc3)CC2)c1C. The van der Waals surface area contributed by atoms with Gasteiger partial charge in [0.15, 0.2) is 0 Å². The van der Waals surface area contributed by atoms with Crippen molar-refractivity contribution in [3.05, 3.63) is 68.3 Å². The molecule has 32 heavy (non-hydrogen) atoms. The Morgan fingerprint density at radius 2 is 1.59 bits per heavy atom. The van der Waals surface area contributed by atoms with Crippen LogP contribution in [0.5, 0.6) is 0 Å². The molecular formula is C23H29N3O5S. The smallest absolute Gasteiger partial charge is 0.269 e. The number of hydrogen-bond donors (Lipinski definition) is 1. The second kappa shape index (κ2) is 9.38. The number of aryl methyl sites for hydroxylation is 2. The highest BCUT2D eigenvalue weighted by Gasteiger charge is 2.34. The monoisotopic (exact) mass is 459 g/mol. The van der Waals surface area contributed by atoms with Crippen LogP contribution < -0.4 is 5.32 Å². The van der Waals surface area contributed by atoms with E-state index in [2.05, 4.69) is 5.32 Å². The first-order valence-electron chi connectivity index (χ1n) is 10.6. The fraction of sp³-hybridized carbons (Fsp3) is 0.435. The highest BCUT2D eigenvalue weighted by atomic mass is 32.2. The van der Waals surface area contributed by atoms with Crippen molar-refractivity contribution in [1.82, 2.24) is 9.62 Å². The number of non-ortho nitro benzene ring substituents is 1. The van der Waals surface area contributed by atoms with E-state index in [1.807, 2.05) is 33.8 Å². The van der Waals surface area contributed by atoms with Gasteiger partial charge in [0.2, 0.25) is 15.9 Å². The molecule has 9 heteroatoms. The number of piperidine rings is 1. The minimum atomic E-state index is -3.64. The fourth-order valence-corrected chi connectivity index (χ4v) is 6.17. The highest BCUT2D eigenvalue weighted by Crippen LogP contribution is 2.31. The van der Waals surface area contributed by atoms with Crippen molar-refractivity contribution in [3.8, 4) is 0 Å². The maximum atomic E-state index is 13.4. The Hall–Kier alpha value is -2.78. The van der Waals surface area contributed by atoms with Crippen LogP contribution in [0, 0.1) is 43.7 Å². The van der Waals surface area contributed by atoms with Gasteiger partial charge >= 0.3 is 0 Å². The molecule has 3 rings (SSSR count). The summed E-state index contributed by atoms with van der Waals surface area (Å²) < 4.78 is 28.2. The molecule has 0 spiro atoms. The molecular weight excluding hydrogens is 430 g/mol. The molecule has 8 nitrogen and oxygen atoms in total. The van der Waals surface area contributed by atoms with Crippen molar-refractivity contribution in [2.24, 2.45) is 5.92 Å². The average molecular weight is 460 g/mol. The van der Waals surface area contributed by atoms with Gasteiger partial charge in [0.05, 0.1) is 9.82 Å². The number of nitro groups is 1. The van der Waals surface area contributed by atoms with Crippen molar-refractivity contribution < 1.29 is 18.1 Å². The second-order valence-corrected chi connectivity index (χ2v) is 10.3. The molecule has 0 bridgehead atoms. The molecule has 1 N–H and O–H groups in total. The zero-order chi connectivity index (χ0) is 23.6. The summed E-state index contributed by atoms with van der Waals surface area (Å²) in [4.78, 5) is 23.2. The molecule has 1 aliphatic heterocycles. The summed E-state index contributed by atoms with van der Waals surface area (Å²) in [5, 5.41) is 13.6. The molecule has 1 saturated heterocycles. The van der Waals surface area contributed by atoms with E-state index in [9.17, 15) is 23.3 Å². The standard InChI is InChI=1S/C23H29N3O5S/c1-15-13-16(2)18(4)22(17(15)3)32(30,31)25-11-9-20(10-12-25)23(27)24-14-19-5-7-21(8-6-19)26(28)29/h5-8,13,20H,9-12,14H2,1-4H3,(H,24,27). The average Bonchev–Trinajstić information content (AvgIpc) is 2.76. The van der Waals surface area contributed by atoms with Crippen LogP contribution in [0.2, 0.25) is 0 Å². The quantitative estimate of drug-likeness (QED) is 0.525. The van der Waals surface area contributed by atoms with Crippen molar-refractivity contribution in [1.29, 1.82) is 0 Å². The maximum absolute atomic E-state index is 13.4. The van der Waals surface area contributed by atoms with Gasteiger partial charge in [0.1, 0.15) is 0 Å². The number of carbonyl (C=O) groups is 1. The van der Waals surface area contributed by atoms with Crippen LogP contribution in [-0.2, 0) is 21.4 Å². The first-order chi connectivity index (χ1) is 15.0. The Labute approximate surface area is 188 Å². The number of hydrogen-bond acceptors (Lipinski definition) is 5. The van der Waals surface area contributed by atoms with Crippen LogP contribution in [0.4, 0.5) is 5.69 Å². The van der Waals surface area contributed by atoms with Crippen LogP contribution in [0.3, 0.4) is 0 Å². The fourth-order valence-electron chi connectivity index (χ4n) is 4.12. The first kappa shape index (κ1) is 23.9. The zero-order valence-electron chi connectivity index (χ0n) is 18.8. The number of nitrogens with zero attached hydrogens (tertiary/aromatic N) is 2. The van der Waals surface area contributed by atoms with E-state index in [1.165, 1.54) is 16.4 Å². The zero-order valence-corrected chi connectivity index (χ0v) is 19.7. The van der Waals surface area contributed by atoms with Crippen LogP contribution in [0.25, 0.3) is 0 Å². The summed E-state index contributed by atoms with van der Waals surface area (Å²) in [5.41, 5.74) is 4.22. The number of nitro benzene ring substituents is 1. The molecule has 0 saturated carbocycles. The van der Waals surface area contributed by atoms with Gasteiger partial charge in [0.25, 0.3) is 5.69 Å². The summed E-state index contributed by atoms with van der Waals surface area (Å²) in [7, 11) is -3.64. The van der Waals surface area contributed by atoms with E-state index < -0.39 is 14.9 Å². The molecule has 0 radical (unpaired) electrons. The summed E-state index contributed by atoms with van der Waals surface area (Å²) in [5.74, 6) is -0.389. The van der Waals surface area contributed by atoms with Gasteiger partial charge in [-0.15, -0.1) is 0 Å². The Morgan fingerprint density at radius 3 is 2.09 bits per heavy atom. The summed E-state index contributed by atoms with van der Waals surface area (Å²) in [6.07, 6.45) is 0.905. The molecule has 1 amide bonds. The van der Waals surface area contributed by atoms with Gasteiger partial charge < -0.3 is 5.32 Å². The molecule has 0 atom stereocenters. The Morgan fingerprint density at radius 1 is 1.06 bits per heavy atom. The molecule has 1 aliphatic rings. The lowest BCUT2D eigenvalue weighted by atomic mass is 9.97. The minimum absolute atomic E-state index is 0.00272. The lowest BCUT2D eigenvalue weighted by molar-refractivity contribution is -0.384. The first-order valence-corrected chi connectivity index (χ1v) is 12.0. The predicted molar refractivity (Wildman–Crippen MR) is 122 cm³/mol. The largest absolute Gasteiger partial charge is 0.352 e. The number of benzene rings is 2. The van der Waals surface area contributed by atoms with Crippen LogP contribution in [0.1, 0.15) is 40.7 Å². The van der Waals surface area contributed by atoms with E-state index in [0.717, 1.165) is 27.8 Å². The summed E-state index contributed by atoms with van der Waals surface area (Å²) in [6, 6.07) is 8.04. The van der Waals surface area contributed by atoms with E-state index in [1.54, 1.807) is 12.1 Å². The van der Waals surface area contributed by atoms with Gasteiger partial charge in [0, 0.05) is 37.7 Å². The van der Waals surface area contributed by atoms with Gasteiger partial charge in [-0.25, -0.2) is 8.42 Å². The lowest BCUT2D eigenvalue weighted by Gasteiger charge is -2.31. The third kappa shape index (κ3) is 4.83. The number of amides is 1. The topological polar surface area (TPSA) is 110 Å². The number of carbonyl (C=O) groups excluding carboxylic acids is 1. The van der Waals surface area contributed by atoms with Crippen molar-refractivity contribution >= 4 is 21.6 Å². The number of rotatable bonds is 6. The molecule has 172 valence electrons. The van der Waals surface area contributed by atoms with Gasteiger partial charge in [-0.3, -0.25) is 14.9 Å². The summed E-state index contributed by atoms with van der Waals surface area (Å²) in [6.45, 7) is 8.38. The molecule has 0 aliphatic carbocycles. The van der Waals surface area contributed by atoms with E-state index in [0.29, 0.717) is 30.8 Å². The third-order valence-electron chi connectivity index (χ3n) is 6.33. The van der Waals surface area contributed by atoms with Gasteiger partial charge in [-0.2, -0.15) is 4.31 Å². The molecule has 2 aromatic rings. The summed E-state index contributed by atoms with van der Waals surface area (Å²) >= 11 is 0. The van der Waals surface area contributed by atoms with Crippen molar-refractivity contribution in [3.63, 3.8) is 0 Å². The Bertz CT molecular complexity index is 1110.